The molecule has 2 aliphatic heterocycles. The molecular formula is C26H32O4. The van der Waals surface area contributed by atoms with Gasteiger partial charge in [0.1, 0.15) is 11.4 Å². The van der Waals surface area contributed by atoms with E-state index in [9.17, 15) is 9.90 Å². The molecule has 2 aromatic rings. The van der Waals surface area contributed by atoms with Crippen LogP contribution in [0, 0.1) is 11.8 Å². The van der Waals surface area contributed by atoms with E-state index in [0.29, 0.717) is 18.8 Å². The first-order valence-corrected chi connectivity index (χ1v) is 11.0. The molecule has 0 aliphatic carbocycles. The maximum Gasteiger partial charge on any atom is 0.309 e. The van der Waals surface area contributed by atoms with Gasteiger partial charge in [-0.1, -0.05) is 50.2 Å². The van der Waals surface area contributed by atoms with Gasteiger partial charge in [0.25, 0.3) is 0 Å². The summed E-state index contributed by atoms with van der Waals surface area (Å²) in [5.74, 6) is -0.0210. The molecule has 2 heterocycles. The van der Waals surface area contributed by atoms with Crippen LogP contribution in [0.1, 0.15) is 69.2 Å². The van der Waals surface area contributed by atoms with E-state index in [1.165, 1.54) is 11.1 Å². The number of rotatable bonds is 5. The third-order valence-corrected chi connectivity index (χ3v) is 6.79. The zero-order chi connectivity index (χ0) is 21.5. The number of hydrogen-bond acceptors (Lipinski definition) is 3. The van der Waals surface area contributed by atoms with Gasteiger partial charge in [-0.2, -0.15) is 0 Å². The molecule has 160 valence electrons. The van der Waals surface area contributed by atoms with Crippen molar-refractivity contribution >= 4 is 5.97 Å². The van der Waals surface area contributed by atoms with Crippen LogP contribution < -0.4 is 4.74 Å². The molecule has 0 bridgehead atoms. The van der Waals surface area contributed by atoms with E-state index in [1.807, 2.05) is 24.3 Å². The van der Waals surface area contributed by atoms with Gasteiger partial charge in [0.05, 0.1) is 18.1 Å². The fourth-order valence-electron chi connectivity index (χ4n) is 4.95. The highest BCUT2D eigenvalue weighted by atomic mass is 16.5. The summed E-state index contributed by atoms with van der Waals surface area (Å²) in [5.41, 5.74) is 3.05. The number of ether oxygens (including phenoxy) is 2. The summed E-state index contributed by atoms with van der Waals surface area (Å²) >= 11 is 0. The topological polar surface area (TPSA) is 55.8 Å². The Labute approximate surface area is 179 Å². The first kappa shape index (κ1) is 20.9. The number of carboxylic acids is 1. The van der Waals surface area contributed by atoms with Gasteiger partial charge in [0, 0.05) is 11.5 Å². The minimum absolute atomic E-state index is 0.00138. The minimum Gasteiger partial charge on any atom is -0.487 e. The molecule has 4 atom stereocenters. The molecular weight excluding hydrogens is 376 g/mol. The van der Waals surface area contributed by atoms with Crippen LogP contribution in [0.5, 0.6) is 5.75 Å². The van der Waals surface area contributed by atoms with Crippen LogP contribution in [0.2, 0.25) is 0 Å². The minimum atomic E-state index is -0.774. The Hall–Kier alpha value is -2.33. The monoisotopic (exact) mass is 408 g/mol. The summed E-state index contributed by atoms with van der Waals surface area (Å²) in [4.78, 5) is 12.1. The van der Waals surface area contributed by atoms with E-state index in [1.54, 1.807) is 0 Å². The van der Waals surface area contributed by atoms with Crippen molar-refractivity contribution in [2.45, 2.75) is 70.7 Å². The first-order chi connectivity index (χ1) is 14.3. The van der Waals surface area contributed by atoms with E-state index in [2.05, 4.69) is 52.0 Å². The summed E-state index contributed by atoms with van der Waals surface area (Å²) in [6.45, 7) is 8.46. The van der Waals surface area contributed by atoms with Crippen LogP contribution in [0.3, 0.4) is 0 Å². The highest BCUT2D eigenvalue weighted by molar-refractivity contribution is 5.71. The third-order valence-electron chi connectivity index (χ3n) is 6.79. The molecule has 0 aromatic heterocycles. The van der Waals surface area contributed by atoms with Crippen LogP contribution in [-0.2, 0) is 16.0 Å². The second-order valence-electron chi connectivity index (χ2n) is 9.56. The normalized spacial score (nSPS) is 27.1. The second-order valence-corrected chi connectivity index (χ2v) is 9.56. The van der Waals surface area contributed by atoms with E-state index in [0.717, 1.165) is 17.7 Å². The maximum atomic E-state index is 12.1. The SMILES string of the molecule is CC(C)c1ccc2c(c1)[C@H]1O[C@@H](CCc3ccccc3)[C@H](C(=O)O)C[C@@H]1C(C)(C)O2. The van der Waals surface area contributed by atoms with Gasteiger partial charge in [-0.05, 0) is 62.3 Å². The smallest absolute Gasteiger partial charge is 0.309 e. The summed E-state index contributed by atoms with van der Waals surface area (Å²) in [5, 5.41) is 9.96. The van der Waals surface area contributed by atoms with Gasteiger partial charge >= 0.3 is 5.97 Å². The van der Waals surface area contributed by atoms with Crippen molar-refractivity contribution in [3.63, 3.8) is 0 Å². The zero-order valence-corrected chi connectivity index (χ0v) is 18.3. The van der Waals surface area contributed by atoms with Crippen LogP contribution in [0.15, 0.2) is 48.5 Å². The van der Waals surface area contributed by atoms with Gasteiger partial charge in [-0.25, -0.2) is 0 Å². The van der Waals surface area contributed by atoms with E-state index in [4.69, 9.17) is 9.47 Å². The molecule has 1 N–H and O–H groups in total. The lowest BCUT2D eigenvalue weighted by molar-refractivity contribution is -0.188. The molecule has 0 saturated carbocycles. The van der Waals surface area contributed by atoms with E-state index in [-0.39, 0.29) is 18.1 Å². The number of fused-ring (bicyclic) bond motifs is 3. The van der Waals surface area contributed by atoms with Crippen molar-refractivity contribution in [3.8, 4) is 5.75 Å². The van der Waals surface area contributed by atoms with Gasteiger partial charge < -0.3 is 14.6 Å². The molecule has 0 amide bonds. The van der Waals surface area contributed by atoms with Crippen LogP contribution >= 0.6 is 0 Å². The molecule has 4 heteroatoms. The molecule has 2 aromatic carbocycles. The largest absolute Gasteiger partial charge is 0.487 e. The Balaban J connectivity index is 1.65. The highest BCUT2D eigenvalue weighted by Crippen LogP contribution is 2.52. The van der Waals surface area contributed by atoms with Gasteiger partial charge in [0.2, 0.25) is 0 Å². The highest BCUT2D eigenvalue weighted by Gasteiger charge is 2.51. The summed E-state index contributed by atoms with van der Waals surface area (Å²) in [6, 6.07) is 16.6. The maximum absolute atomic E-state index is 12.1. The quantitative estimate of drug-likeness (QED) is 0.683. The van der Waals surface area contributed by atoms with Crippen molar-refractivity contribution < 1.29 is 19.4 Å². The van der Waals surface area contributed by atoms with Crippen molar-refractivity contribution in [2.24, 2.45) is 11.8 Å². The average Bonchev–Trinajstić information content (AvgIpc) is 2.71. The number of benzene rings is 2. The molecule has 0 unspecified atom stereocenters. The molecule has 2 aliphatic rings. The van der Waals surface area contributed by atoms with Crippen molar-refractivity contribution in [2.75, 3.05) is 0 Å². The van der Waals surface area contributed by atoms with Crippen LogP contribution in [0.25, 0.3) is 0 Å². The van der Waals surface area contributed by atoms with Crippen molar-refractivity contribution in [1.82, 2.24) is 0 Å². The van der Waals surface area contributed by atoms with Crippen molar-refractivity contribution in [1.29, 1.82) is 0 Å². The fourth-order valence-corrected chi connectivity index (χ4v) is 4.95. The lowest BCUT2D eigenvalue weighted by Crippen LogP contribution is -2.52. The summed E-state index contributed by atoms with van der Waals surface area (Å²) in [7, 11) is 0. The van der Waals surface area contributed by atoms with Gasteiger partial charge in [-0.3, -0.25) is 4.79 Å². The Bertz CT molecular complexity index is 903. The average molecular weight is 409 g/mol. The van der Waals surface area contributed by atoms with Crippen LogP contribution in [0.4, 0.5) is 0 Å². The van der Waals surface area contributed by atoms with Crippen molar-refractivity contribution in [3.05, 3.63) is 65.2 Å². The zero-order valence-electron chi connectivity index (χ0n) is 18.3. The Kier molecular flexibility index (Phi) is 5.63. The molecule has 4 rings (SSSR count). The summed E-state index contributed by atoms with van der Waals surface area (Å²) in [6.07, 6.45) is 1.63. The van der Waals surface area contributed by atoms with Crippen LogP contribution in [-0.4, -0.2) is 22.8 Å². The lowest BCUT2D eigenvalue weighted by Gasteiger charge is -2.50. The van der Waals surface area contributed by atoms with Gasteiger partial charge in [0.15, 0.2) is 0 Å². The predicted octanol–water partition coefficient (Wildman–Crippen LogP) is 5.76. The third kappa shape index (κ3) is 3.98. The molecule has 30 heavy (non-hydrogen) atoms. The summed E-state index contributed by atoms with van der Waals surface area (Å²) < 4.78 is 13.0. The number of carboxylic acid groups (broad SMARTS) is 1. The molecule has 1 saturated heterocycles. The lowest BCUT2D eigenvalue weighted by atomic mass is 9.71. The van der Waals surface area contributed by atoms with E-state index >= 15 is 0 Å². The molecule has 0 spiro atoms. The second kappa shape index (κ2) is 8.07. The van der Waals surface area contributed by atoms with E-state index < -0.39 is 17.5 Å². The number of aryl methyl sites for hydroxylation is 1. The number of carbonyl (C=O) groups is 1. The standard InChI is InChI=1S/C26H32O4/c1-16(2)18-11-13-23-19(14-18)24-21(26(3,4)30-23)15-20(25(27)28)22(29-24)12-10-17-8-6-5-7-9-17/h5-9,11,13-14,16,20-22,24H,10,12,15H2,1-4H3,(H,27,28)/t20-,21+,22+,24-/m1/s1. The molecule has 1 fully saturated rings. The Morgan fingerprint density at radius 2 is 1.90 bits per heavy atom. The molecule has 4 nitrogen and oxygen atoms in total. The number of hydrogen-bond donors (Lipinski definition) is 1. The van der Waals surface area contributed by atoms with Gasteiger partial charge in [-0.15, -0.1) is 0 Å². The first-order valence-electron chi connectivity index (χ1n) is 11.0. The fraction of sp³-hybridized carbons (Fsp3) is 0.500. The predicted molar refractivity (Wildman–Crippen MR) is 117 cm³/mol. The molecule has 0 radical (unpaired) electrons. The number of aliphatic carboxylic acids is 1. The Morgan fingerprint density at radius 1 is 1.17 bits per heavy atom. The Morgan fingerprint density at radius 3 is 2.57 bits per heavy atom.